The summed E-state index contributed by atoms with van der Waals surface area (Å²) >= 11 is 0. The number of hydrazine groups is 1. The molecule has 1 aliphatic rings. The van der Waals surface area contributed by atoms with Gasteiger partial charge in [0.05, 0.1) is 6.04 Å². The first-order valence-electron chi connectivity index (χ1n) is 7.10. The van der Waals surface area contributed by atoms with Gasteiger partial charge in [0, 0.05) is 24.3 Å². The fraction of sp³-hybridized carbons (Fsp3) is 0.643. The molecule has 6 nitrogen and oxygen atoms in total. The summed E-state index contributed by atoms with van der Waals surface area (Å²) in [4.78, 5) is 8.96. The van der Waals surface area contributed by atoms with Gasteiger partial charge < -0.3 is 15.5 Å². The summed E-state index contributed by atoms with van der Waals surface area (Å²) in [5.41, 5.74) is 11.1. The molecule has 2 heterocycles. The summed E-state index contributed by atoms with van der Waals surface area (Å²) in [6.07, 6.45) is 2.96. The van der Waals surface area contributed by atoms with Crippen LogP contribution in [0.25, 0.3) is 0 Å². The number of rotatable bonds is 3. The van der Waals surface area contributed by atoms with Crippen molar-refractivity contribution in [2.24, 2.45) is 5.84 Å². The minimum Gasteiger partial charge on any atom is -0.383 e. The third-order valence-electron chi connectivity index (χ3n) is 4.10. The number of pyridine rings is 1. The number of aromatic nitrogens is 1. The van der Waals surface area contributed by atoms with Crippen LogP contribution in [0.1, 0.15) is 23.6 Å². The van der Waals surface area contributed by atoms with Gasteiger partial charge in [-0.15, -0.1) is 0 Å². The smallest absolute Gasteiger partial charge is 0.128 e. The second kappa shape index (κ2) is 6.49. The zero-order chi connectivity index (χ0) is 14.7. The molecule has 1 saturated heterocycles. The van der Waals surface area contributed by atoms with Gasteiger partial charge in [-0.1, -0.05) is 0 Å². The summed E-state index contributed by atoms with van der Waals surface area (Å²) < 4.78 is 0. The van der Waals surface area contributed by atoms with Gasteiger partial charge in [-0.05, 0) is 52.2 Å². The highest BCUT2D eigenvalue weighted by Crippen LogP contribution is 2.26. The maximum absolute atomic E-state index is 6.05. The van der Waals surface area contributed by atoms with Crippen molar-refractivity contribution in [1.29, 1.82) is 0 Å². The third kappa shape index (κ3) is 3.27. The van der Waals surface area contributed by atoms with E-state index in [1.807, 2.05) is 6.92 Å². The molecular formula is C14H26N6. The first-order valence-corrected chi connectivity index (χ1v) is 7.10. The van der Waals surface area contributed by atoms with E-state index in [-0.39, 0.29) is 12.1 Å². The number of nitrogens with two attached hydrogens (primary N) is 2. The lowest BCUT2D eigenvalue weighted by molar-refractivity contribution is 0.179. The average molecular weight is 278 g/mol. The molecule has 0 bridgehead atoms. The Morgan fingerprint density at radius 3 is 2.85 bits per heavy atom. The minimum atomic E-state index is -0.0204. The molecule has 1 fully saturated rings. The van der Waals surface area contributed by atoms with Crippen LogP contribution in [0.2, 0.25) is 0 Å². The van der Waals surface area contributed by atoms with Crippen molar-refractivity contribution in [3.63, 3.8) is 0 Å². The molecule has 20 heavy (non-hydrogen) atoms. The van der Waals surface area contributed by atoms with Crippen LogP contribution in [-0.2, 0) is 0 Å². The van der Waals surface area contributed by atoms with Gasteiger partial charge in [0.2, 0.25) is 0 Å². The topological polar surface area (TPSA) is 83.4 Å². The number of nitrogen functional groups attached to an aromatic ring is 1. The Labute approximate surface area is 121 Å². The van der Waals surface area contributed by atoms with Crippen LogP contribution in [0.5, 0.6) is 0 Å². The highest BCUT2D eigenvalue weighted by atomic mass is 15.3. The fourth-order valence-corrected chi connectivity index (χ4v) is 2.93. The number of aryl methyl sites for hydroxylation is 1. The maximum atomic E-state index is 6.05. The van der Waals surface area contributed by atoms with Crippen LogP contribution in [-0.4, -0.2) is 54.6 Å². The normalized spacial score (nSPS) is 23.5. The molecule has 0 saturated carbocycles. The first kappa shape index (κ1) is 15.2. The van der Waals surface area contributed by atoms with Gasteiger partial charge in [-0.25, -0.2) is 4.98 Å². The van der Waals surface area contributed by atoms with Gasteiger partial charge >= 0.3 is 0 Å². The van der Waals surface area contributed by atoms with E-state index in [0.29, 0.717) is 5.82 Å². The van der Waals surface area contributed by atoms with Gasteiger partial charge in [-0.3, -0.25) is 11.3 Å². The Balaban J connectivity index is 2.32. The van der Waals surface area contributed by atoms with E-state index in [4.69, 9.17) is 11.6 Å². The Morgan fingerprint density at radius 2 is 2.15 bits per heavy atom. The summed E-state index contributed by atoms with van der Waals surface area (Å²) in [5, 5.41) is 0. The molecule has 5 N–H and O–H groups in total. The van der Waals surface area contributed by atoms with Gasteiger partial charge in [0.15, 0.2) is 0 Å². The van der Waals surface area contributed by atoms with E-state index in [2.05, 4.69) is 40.4 Å². The van der Waals surface area contributed by atoms with Crippen LogP contribution in [0.3, 0.4) is 0 Å². The molecule has 0 spiro atoms. The SMILES string of the molecule is Cc1cnc(N)c(C(NN)C2CN(C)CCCN2C)c1. The average Bonchev–Trinajstić information content (AvgIpc) is 2.57. The second-order valence-electron chi connectivity index (χ2n) is 5.80. The van der Waals surface area contributed by atoms with Crippen molar-refractivity contribution in [1.82, 2.24) is 20.2 Å². The third-order valence-corrected chi connectivity index (χ3v) is 4.10. The predicted octanol–water partition coefficient (Wildman–Crippen LogP) is 0.113. The van der Waals surface area contributed by atoms with E-state index >= 15 is 0 Å². The monoisotopic (exact) mass is 278 g/mol. The molecule has 1 aliphatic heterocycles. The summed E-state index contributed by atoms with van der Waals surface area (Å²) in [6, 6.07) is 2.33. The number of anilines is 1. The molecule has 0 aromatic carbocycles. The van der Waals surface area contributed by atoms with Crippen LogP contribution >= 0.6 is 0 Å². The number of likely N-dealkylation sites (N-methyl/N-ethyl adjacent to an activating group) is 2. The molecule has 2 unspecified atom stereocenters. The second-order valence-corrected chi connectivity index (χ2v) is 5.80. The van der Waals surface area contributed by atoms with E-state index in [1.54, 1.807) is 6.20 Å². The van der Waals surface area contributed by atoms with Crippen LogP contribution in [0.15, 0.2) is 12.3 Å². The molecule has 1 aromatic heterocycles. The van der Waals surface area contributed by atoms with Gasteiger partial charge in [0.25, 0.3) is 0 Å². The Kier molecular flexibility index (Phi) is 4.93. The number of hydrogen-bond donors (Lipinski definition) is 3. The molecule has 0 radical (unpaired) electrons. The number of nitrogens with one attached hydrogen (secondary N) is 1. The zero-order valence-electron chi connectivity index (χ0n) is 12.6. The molecule has 2 rings (SSSR count). The van der Waals surface area contributed by atoms with Crippen molar-refractivity contribution in [2.75, 3.05) is 39.5 Å². The quantitative estimate of drug-likeness (QED) is 0.538. The van der Waals surface area contributed by atoms with Crippen LogP contribution in [0.4, 0.5) is 5.82 Å². The molecule has 0 amide bonds. The minimum absolute atomic E-state index is 0.0204. The van der Waals surface area contributed by atoms with Crippen molar-refractivity contribution in [3.05, 3.63) is 23.4 Å². The predicted molar refractivity (Wildman–Crippen MR) is 82.0 cm³/mol. The maximum Gasteiger partial charge on any atom is 0.128 e. The fourth-order valence-electron chi connectivity index (χ4n) is 2.93. The van der Waals surface area contributed by atoms with E-state index in [1.165, 1.54) is 6.42 Å². The first-order chi connectivity index (χ1) is 9.52. The van der Waals surface area contributed by atoms with Gasteiger partial charge in [0.1, 0.15) is 5.82 Å². The van der Waals surface area contributed by atoms with Crippen molar-refractivity contribution < 1.29 is 0 Å². The van der Waals surface area contributed by atoms with Crippen molar-refractivity contribution >= 4 is 5.82 Å². The lowest BCUT2D eigenvalue weighted by Gasteiger charge is -2.34. The van der Waals surface area contributed by atoms with E-state index in [0.717, 1.165) is 30.8 Å². The van der Waals surface area contributed by atoms with Gasteiger partial charge in [-0.2, -0.15) is 0 Å². The van der Waals surface area contributed by atoms with Crippen molar-refractivity contribution in [3.8, 4) is 0 Å². The molecular weight excluding hydrogens is 252 g/mol. The van der Waals surface area contributed by atoms with E-state index < -0.39 is 0 Å². The molecule has 6 heteroatoms. The Morgan fingerprint density at radius 1 is 1.40 bits per heavy atom. The summed E-state index contributed by atoms with van der Waals surface area (Å²) in [6.45, 7) is 5.15. The molecule has 2 atom stereocenters. The Bertz CT molecular complexity index is 449. The highest BCUT2D eigenvalue weighted by molar-refractivity contribution is 5.43. The van der Waals surface area contributed by atoms with Crippen LogP contribution in [0, 0.1) is 6.92 Å². The summed E-state index contributed by atoms with van der Waals surface area (Å²) in [7, 11) is 4.30. The van der Waals surface area contributed by atoms with Crippen LogP contribution < -0.4 is 17.0 Å². The van der Waals surface area contributed by atoms with E-state index in [9.17, 15) is 0 Å². The molecule has 0 aliphatic carbocycles. The van der Waals surface area contributed by atoms with Crippen molar-refractivity contribution in [2.45, 2.75) is 25.4 Å². The standard InChI is InChI=1S/C14H26N6/c1-10-7-11(14(15)17-8-10)13(18-16)12-9-19(2)5-4-6-20(12)3/h7-8,12-13,18H,4-6,9,16H2,1-3H3,(H2,15,17). The lowest BCUT2D eigenvalue weighted by atomic mass is 9.98. The lowest BCUT2D eigenvalue weighted by Crippen LogP contribution is -2.49. The zero-order valence-corrected chi connectivity index (χ0v) is 12.6. The number of hydrogen-bond acceptors (Lipinski definition) is 6. The molecule has 1 aromatic rings. The summed E-state index contributed by atoms with van der Waals surface area (Å²) in [5.74, 6) is 6.39. The number of nitrogens with zero attached hydrogens (tertiary/aromatic N) is 3. The highest BCUT2D eigenvalue weighted by Gasteiger charge is 2.30. The largest absolute Gasteiger partial charge is 0.383 e. The Hall–Kier alpha value is -1.21. The molecule has 112 valence electrons.